The molecule has 0 atom stereocenters. The van der Waals surface area contributed by atoms with Gasteiger partial charge in [-0.1, -0.05) is 17.7 Å². The summed E-state index contributed by atoms with van der Waals surface area (Å²) in [5.41, 5.74) is 6.31. The van der Waals surface area contributed by atoms with Crippen molar-refractivity contribution in [2.45, 2.75) is 0 Å². The monoisotopic (exact) mass is 277 g/mol. The fourth-order valence-electron chi connectivity index (χ4n) is 1.55. The Bertz CT molecular complexity index is 613. The lowest BCUT2D eigenvalue weighted by Gasteiger charge is -2.09. The van der Waals surface area contributed by atoms with Crippen molar-refractivity contribution in [1.82, 2.24) is 0 Å². The molecule has 0 aliphatic rings. The van der Waals surface area contributed by atoms with Crippen molar-refractivity contribution in [3.63, 3.8) is 0 Å². The molecular weight excluding hydrogens is 266 g/mol. The standard InChI is InChI=1S/C14H12ClNO3/c1-18-14(17)12-8-11(5-6-13(12)16)19-10-4-2-3-9(15)7-10/h2-8H,16H2,1H3. The number of nitrogen functional groups attached to an aromatic ring is 1. The Morgan fingerprint density at radius 2 is 1.89 bits per heavy atom. The van der Waals surface area contributed by atoms with Crippen LogP contribution in [-0.4, -0.2) is 13.1 Å². The summed E-state index contributed by atoms with van der Waals surface area (Å²) < 4.78 is 10.2. The number of anilines is 1. The molecule has 0 aliphatic heterocycles. The summed E-state index contributed by atoms with van der Waals surface area (Å²) in [5, 5.41) is 0.570. The summed E-state index contributed by atoms with van der Waals surface area (Å²) in [6.45, 7) is 0. The Labute approximate surface area is 115 Å². The van der Waals surface area contributed by atoms with Gasteiger partial charge >= 0.3 is 5.97 Å². The van der Waals surface area contributed by atoms with Crippen LogP contribution in [0.4, 0.5) is 5.69 Å². The molecule has 0 spiro atoms. The molecule has 2 N–H and O–H groups in total. The zero-order valence-electron chi connectivity index (χ0n) is 10.2. The molecule has 0 bridgehead atoms. The zero-order valence-corrected chi connectivity index (χ0v) is 11.0. The molecule has 2 rings (SSSR count). The summed E-state index contributed by atoms with van der Waals surface area (Å²) in [6, 6.07) is 11.8. The lowest BCUT2D eigenvalue weighted by atomic mass is 10.1. The van der Waals surface area contributed by atoms with Gasteiger partial charge in [-0.25, -0.2) is 4.79 Å². The predicted molar refractivity (Wildman–Crippen MR) is 73.7 cm³/mol. The van der Waals surface area contributed by atoms with Crippen LogP contribution < -0.4 is 10.5 Å². The number of ether oxygens (including phenoxy) is 2. The summed E-state index contributed by atoms with van der Waals surface area (Å²) in [6.07, 6.45) is 0. The number of halogens is 1. The van der Waals surface area contributed by atoms with E-state index >= 15 is 0 Å². The molecule has 5 heteroatoms. The van der Waals surface area contributed by atoms with Crippen molar-refractivity contribution in [2.24, 2.45) is 0 Å². The first kappa shape index (κ1) is 13.2. The molecule has 0 amide bonds. The van der Waals surface area contributed by atoms with Crippen LogP contribution in [0.5, 0.6) is 11.5 Å². The maximum Gasteiger partial charge on any atom is 0.340 e. The third-order valence-electron chi connectivity index (χ3n) is 2.46. The fourth-order valence-corrected chi connectivity index (χ4v) is 1.73. The highest BCUT2D eigenvalue weighted by atomic mass is 35.5. The number of esters is 1. The first-order chi connectivity index (χ1) is 9.10. The van der Waals surface area contributed by atoms with Crippen molar-refractivity contribution < 1.29 is 14.3 Å². The van der Waals surface area contributed by atoms with E-state index in [4.69, 9.17) is 22.1 Å². The van der Waals surface area contributed by atoms with Gasteiger partial charge in [0.25, 0.3) is 0 Å². The smallest absolute Gasteiger partial charge is 0.340 e. The molecule has 0 fully saturated rings. The van der Waals surface area contributed by atoms with Crippen LogP contribution in [0.3, 0.4) is 0 Å². The number of carbonyl (C=O) groups excluding carboxylic acids is 1. The van der Waals surface area contributed by atoms with Crippen molar-refractivity contribution in [3.05, 3.63) is 53.1 Å². The van der Waals surface area contributed by atoms with Gasteiger partial charge in [-0.3, -0.25) is 0 Å². The molecule has 19 heavy (non-hydrogen) atoms. The van der Waals surface area contributed by atoms with Crippen LogP contribution in [0.1, 0.15) is 10.4 Å². The maximum atomic E-state index is 11.5. The van der Waals surface area contributed by atoms with E-state index in [0.29, 0.717) is 22.2 Å². The van der Waals surface area contributed by atoms with Crippen molar-refractivity contribution in [1.29, 1.82) is 0 Å². The van der Waals surface area contributed by atoms with Gasteiger partial charge < -0.3 is 15.2 Å². The van der Waals surface area contributed by atoms with E-state index in [2.05, 4.69) is 4.74 Å². The van der Waals surface area contributed by atoms with E-state index in [-0.39, 0.29) is 5.56 Å². The molecule has 0 saturated heterocycles. The van der Waals surface area contributed by atoms with Crippen molar-refractivity contribution in [2.75, 3.05) is 12.8 Å². The topological polar surface area (TPSA) is 61.5 Å². The molecule has 2 aromatic rings. The zero-order chi connectivity index (χ0) is 13.8. The van der Waals surface area contributed by atoms with Gasteiger partial charge in [0, 0.05) is 10.7 Å². The quantitative estimate of drug-likeness (QED) is 0.689. The number of hydrogen-bond acceptors (Lipinski definition) is 4. The first-order valence-corrected chi connectivity index (χ1v) is 5.89. The fraction of sp³-hybridized carbons (Fsp3) is 0.0714. The average Bonchev–Trinajstić information content (AvgIpc) is 2.40. The van der Waals surface area contributed by atoms with Crippen LogP contribution in [0.25, 0.3) is 0 Å². The van der Waals surface area contributed by atoms with Gasteiger partial charge in [0.2, 0.25) is 0 Å². The normalized spacial score (nSPS) is 10.0. The highest BCUT2D eigenvalue weighted by molar-refractivity contribution is 6.30. The van der Waals surface area contributed by atoms with Crippen LogP contribution in [0, 0.1) is 0 Å². The Balaban J connectivity index is 2.29. The molecule has 0 heterocycles. The van der Waals surface area contributed by atoms with Crippen molar-refractivity contribution in [3.8, 4) is 11.5 Å². The third kappa shape index (κ3) is 3.17. The predicted octanol–water partition coefficient (Wildman–Crippen LogP) is 3.50. The molecule has 4 nitrogen and oxygen atoms in total. The average molecular weight is 278 g/mol. The van der Waals surface area contributed by atoms with Gasteiger partial charge in [-0.05, 0) is 36.4 Å². The number of rotatable bonds is 3. The molecule has 0 radical (unpaired) electrons. The number of benzene rings is 2. The Hall–Kier alpha value is -2.20. The molecule has 0 aromatic heterocycles. The summed E-state index contributed by atoms with van der Waals surface area (Å²) >= 11 is 5.87. The SMILES string of the molecule is COC(=O)c1cc(Oc2cccc(Cl)c2)ccc1N. The Morgan fingerprint density at radius 1 is 1.16 bits per heavy atom. The van der Waals surface area contributed by atoms with Crippen LogP contribution >= 0.6 is 11.6 Å². The van der Waals surface area contributed by atoms with E-state index in [9.17, 15) is 4.79 Å². The Kier molecular flexibility index (Phi) is 3.92. The number of carbonyl (C=O) groups is 1. The molecule has 98 valence electrons. The second kappa shape index (κ2) is 5.63. The van der Waals surface area contributed by atoms with E-state index in [1.54, 1.807) is 36.4 Å². The summed E-state index contributed by atoms with van der Waals surface area (Å²) in [7, 11) is 1.30. The second-order valence-electron chi connectivity index (χ2n) is 3.80. The van der Waals surface area contributed by atoms with Crippen LogP contribution in [-0.2, 0) is 4.74 Å². The molecular formula is C14H12ClNO3. The van der Waals surface area contributed by atoms with E-state index in [0.717, 1.165) is 0 Å². The first-order valence-electron chi connectivity index (χ1n) is 5.51. The largest absolute Gasteiger partial charge is 0.465 e. The van der Waals surface area contributed by atoms with Gasteiger partial charge in [0.15, 0.2) is 0 Å². The second-order valence-corrected chi connectivity index (χ2v) is 4.24. The minimum Gasteiger partial charge on any atom is -0.465 e. The lowest BCUT2D eigenvalue weighted by molar-refractivity contribution is 0.0601. The van der Waals surface area contributed by atoms with Crippen LogP contribution in [0.2, 0.25) is 5.02 Å². The number of methoxy groups -OCH3 is 1. The third-order valence-corrected chi connectivity index (χ3v) is 2.70. The van der Waals surface area contributed by atoms with Gasteiger partial charge in [-0.2, -0.15) is 0 Å². The molecule has 0 unspecified atom stereocenters. The number of hydrogen-bond donors (Lipinski definition) is 1. The molecule has 2 aromatic carbocycles. The molecule has 0 aliphatic carbocycles. The Morgan fingerprint density at radius 3 is 2.58 bits per heavy atom. The highest BCUT2D eigenvalue weighted by Gasteiger charge is 2.11. The maximum absolute atomic E-state index is 11.5. The van der Waals surface area contributed by atoms with Gasteiger partial charge in [-0.15, -0.1) is 0 Å². The van der Waals surface area contributed by atoms with E-state index in [1.165, 1.54) is 13.2 Å². The lowest BCUT2D eigenvalue weighted by Crippen LogP contribution is -2.05. The minimum atomic E-state index is -0.506. The van der Waals surface area contributed by atoms with Gasteiger partial charge in [0.1, 0.15) is 11.5 Å². The van der Waals surface area contributed by atoms with Gasteiger partial charge in [0.05, 0.1) is 12.7 Å². The van der Waals surface area contributed by atoms with Crippen molar-refractivity contribution >= 4 is 23.3 Å². The van der Waals surface area contributed by atoms with Crippen LogP contribution in [0.15, 0.2) is 42.5 Å². The summed E-state index contributed by atoms with van der Waals surface area (Å²) in [4.78, 5) is 11.5. The van der Waals surface area contributed by atoms with E-state index < -0.39 is 5.97 Å². The highest BCUT2D eigenvalue weighted by Crippen LogP contribution is 2.27. The van der Waals surface area contributed by atoms with E-state index in [1.807, 2.05) is 0 Å². The molecule has 0 saturated carbocycles. The summed E-state index contributed by atoms with van der Waals surface area (Å²) in [5.74, 6) is 0.555. The minimum absolute atomic E-state index is 0.266. The number of nitrogens with two attached hydrogens (primary N) is 1.